The van der Waals surface area contributed by atoms with E-state index >= 15 is 0 Å². The van der Waals surface area contributed by atoms with Gasteiger partial charge in [-0.25, -0.2) is 8.42 Å². The third kappa shape index (κ3) is 3.86. The van der Waals surface area contributed by atoms with Crippen LogP contribution in [0.4, 0.5) is 5.82 Å². The molecule has 0 aliphatic heterocycles. The van der Waals surface area contributed by atoms with Crippen molar-refractivity contribution in [2.75, 3.05) is 11.1 Å². The first kappa shape index (κ1) is 17.1. The lowest BCUT2D eigenvalue weighted by atomic mass is 10.2. The summed E-state index contributed by atoms with van der Waals surface area (Å²) in [5.74, 6) is -1.18. The maximum absolute atomic E-state index is 12.2. The Bertz CT molecular complexity index is 1030. The van der Waals surface area contributed by atoms with Crippen LogP contribution in [0.1, 0.15) is 5.76 Å². The average molecular weight is 383 g/mol. The van der Waals surface area contributed by atoms with E-state index in [9.17, 15) is 13.2 Å². The van der Waals surface area contributed by atoms with Gasteiger partial charge in [0.2, 0.25) is 21.6 Å². The maximum Gasteiger partial charge on any atom is 0.336 e. The maximum atomic E-state index is 12.2. The molecule has 0 saturated heterocycles. The molecule has 3 aromatic rings. The van der Waals surface area contributed by atoms with E-state index in [1.54, 1.807) is 31.2 Å². The van der Waals surface area contributed by atoms with Crippen LogP contribution in [0.3, 0.4) is 0 Å². The van der Waals surface area contributed by atoms with Crippen LogP contribution in [-0.4, -0.2) is 35.4 Å². The molecule has 0 saturated carbocycles. The minimum absolute atomic E-state index is 0.0586. The summed E-state index contributed by atoms with van der Waals surface area (Å²) in [6.07, 6.45) is 0. The number of aryl methyl sites for hydroxylation is 1. The number of carbonyl (C=O) groups is 1. The zero-order valence-electron chi connectivity index (χ0n) is 12.8. The highest BCUT2D eigenvalue weighted by Crippen LogP contribution is 2.27. The first-order chi connectivity index (χ1) is 11.8. The van der Waals surface area contributed by atoms with Crippen LogP contribution in [-0.2, 0) is 14.6 Å². The highest BCUT2D eigenvalue weighted by Gasteiger charge is 2.27. The largest absolute Gasteiger partial charge is 0.408 e. The molecule has 9 nitrogen and oxygen atoms in total. The molecule has 11 heteroatoms. The van der Waals surface area contributed by atoms with Crippen molar-refractivity contribution in [3.05, 3.63) is 41.1 Å². The van der Waals surface area contributed by atoms with Crippen molar-refractivity contribution in [2.45, 2.75) is 12.1 Å². The number of hydrogen-bond acceptors (Lipinski definition) is 8. The van der Waals surface area contributed by atoms with Gasteiger partial charge in [-0.15, -0.1) is 5.10 Å². The molecule has 0 atom stereocenters. The van der Waals surface area contributed by atoms with E-state index in [0.717, 1.165) is 0 Å². The molecule has 0 bridgehead atoms. The molecule has 1 amide bonds. The van der Waals surface area contributed by atoms with Gasteiger partial charge in [0.25, 0.3) is 0 Å². The summed E-state index contributed by atoms with van der Waals surface area (Å²) in [5.41, 5.74) is 0.389. The van der Waals surface area contributed by atoms with Crippen LogP contribution in [0.25, 0.3) is 11.5 Å². The molecular weight excluding hydrogens is 372 g/mol. The Morgan fingerprint density at radius 2 is 2.04 bits per heavy atom. The smallest absolute Gasteiger partial charge is 0.336 e. The lowest BCUT2D eigenvalue weighted by Gasteiger charge is -2.00. The minimum Gasteiger partial charge on any atom is -0.408 e. The van der Waals surface area contributed by atoms with Gasteiger partial charge in [-0.3, -0.25) is 4.79 Å². The van der Waals surface area contributed by atoms with Crippen LogP contribution >= 0.6 is 11.6 Å². The number of amides is 1. The van der Waals surface area contributed by atoms with Gasteiger partial charge in [0.1, 0.15) is 11.5 Å². The Morgan fingerprint density at radius 3 is 2.72 bits per heavy atom. The third-order valence-corrected chi connectivity index (χ3v) is 4.66. The number of sulfone groups is 1. The topological polar surface area (TPSA) is 128 Å². The molecule has 1 N–H and O–H groups in total. The van der Waals surface area contributed by atoms with Crippen molar-refractivity contribution < 1.29 is 22.2 Å². The molecule has 0 spiro atoms. The molecule has 2 heterocycles. The first-order valence-corrected chi connectivity index (χ1v) is 8.92. The second kappa shape index (κ2) is 6.65. The summed E-state index contributed by atoms with van der Waals surface area (Å²) in [6.45, 7) is 1.63. The monoisotopic (exact) mass is 382 g/mol. The van der Waals surface area contributed by atoms with Gasteiger partial charge in [-0.1, -0.05) is 34.0 Å². The second-order valence-corrected chi connectivity index (χ2v) is 7.26. The third-order valence-electron chi connectivity index (χ3n) is 2.99. The van der Waals surface area contributed by atoms with Gasteiger partial charge in [-0.05, 0) is 19.1 Å². The first-order valence-electron chi connectivity index (χ1n) is 6.89. The van der Waals surface area contributed by atoms with Gasteiger partial charge in [0.15, 0.2) is 5.82 Å². The lowest BCUT2D eigenvalue weighted by molar-refractivity contribution is -0.113. The van der Waals surface area contributed by atoms with Crippen molar-refractivity contribution in [3.63, 3.8) is 0 Å². The Labute approximate surface area is 146 Å². The predicted molar refractivity (Wildman–Crippen MR) is 86.7 cm³/mol. The average Bonchev–Trinajstić information content (AvgIpc) is 3.17. The number of halogens is 1. The minimum atomic E-state index is -4.13. The lowest BCUT2D eigenvalue weighted by Crippen LogP contribution is -2.23. The predicted octanol–water partition coefficient (Wildman–Crippen LogP) is 2.10. The van der Waals surface area contributed by atoms with Crippen LogP contribution in [0.2, 0.25) is 5.02 Å². The Hall–Kier alpha value is -2.72. The van der Waals surface area contributed by atoms with Crippen LogP contribution in [0, 0.1) is 6.92 Å². The Kier molecular flexibility index (Phi) is 4.55. The fourth-order valence-electron chi connectivity index (χ4n) is 1.92. The summed E-state index contributed by atoms with van der Waals surface area (Å²) >= 11 is 6.00. The molecule has 0 radical (unpaired) electrons. The molecule has 0 unspecified atom stereocenters. The van der Waals surface area contributed by atoms with E-state index in [-0.39, 0.29) is 11.7 Å². The Morgan fingerprint density at radius 1 is 1.28 bits per heavy atom. The van der Waals surface area contributed by atoms with Crippen molar-refractivity contribution in [2.24, 2.45) is 0 Å². The molecule has 25 heavy (non-hydrogen) atoms. The van der Waals surface area contributed by atoms with Crippen molar-refractivity contribution in [1.29, 1.82) is 0 Å². The van der Waals surface area contributed by atoms with Gasteiger partial charge in [0.05, 0.1) is 10.6 Å². The number of hydrogen-bond donors (Lipinski definition) is 1. The van der Waals surface area contributed by atoms with Crippen molar-refractivity contribution in [3.8, 4) is 11.5 Å². The molecule has 1 aromatic carbocycles. The SMILES string of the molecule is Cc1cc(NC(=O)CS(=O)(=O)c2nnc(-c3ccccc3Cl)o2)no1. The van der Waals surface area contributed by atoms with Gasteiger partial charge >= 0.3 is 5.22 Å². The van der Waals surface area contributed by atoms with E-state index in [2.05, 4.69) is 20.7 Å². The van der Waals surface area contributed by atoms with Crippen molar-refractivity contribution >= 4 is 33.2 Å². The van der Waals surface area contributed by atoms with Crippen molar-refractivity contribution in [1.82, 2.24) is 15.4 Å². The normalized spacial score (nSPS) is 11.4. The highest BCUT2D eigenvalue weighted by molar-refractivity contribution is 7.91. The van der Waals surface area contributed by atoms with E-state index < -0.39 is 26.7 Å². The molecular formula is C14H11ClN4O5S. The van der Waals surface area contributed by atoms with E-state index in [0.29, 0.717) is 16.3 Å². The van der Waals surface area contributed by atoms with Crippen LogP contribution in [0.5, 0.6) is 0 Å². The summed E-state index contributed by atoms with van der Waals surface area (Å²) in [6, 6.07) is 8.05. The number of benzene rings is 1. The number of rotatable bonds is 5. The molecule has 130 valence electrons. The zero-order chi connectivity index (χ0) is 18.0. The van der Waals surface area contributed by atoms with Gasteiger partial charge in [-0.2, -0.15) is 0 Å². The quantitative estimate of drug-likeness (QED) is 0.710. The molecule has 0 aliphatic carbocycles. The Balaban J connectivity index is 1.76. The van der Waals surface area contributed by atoms with E-state index in [1.165, 1.54) is 6.07 Å². The fourth-order valence-corrected chi connectivity index (χ4v) is 3.05. The van der Waals surface area contributed by atoms with Gasteiger partial charge < -0.3 is 14.3 Å². The van der Waals surface area contributed by atoms with Crippen LogP contribution < -0.4 is 5.32 Å². The standard InChI is InChI=1S/C14H11ClN4O5S/c1-8-6-11(19-24-8)16-12(20)7-25(21,22)14-18-17-13(23-14)9-4-2-3-5-10(9)15/h2-6H,7H2,1H3,(H,16,19,20). The van der Waals surface area contributed by atoms with E-state index in [4.69, 9.17) is 20.5 Å². The summed E-state index contributed by atoms with van der Waals surface area (Å²) < 4.78 is 34.4. The molecule has 3 rings (SSSR count). The van der Waals surface area contributed by atoms with Crippen LogP contribution in [0.15, 0.2) is 44.5 Å². The number of carbonyl (C=O) groups excluding carboxylic acids is 1. The van der Waals surface area contributed by atoms with E-state index in [1.807, 2.05) is 0 Å². The summed E-state index contributed by atoms with van der Waals surface area (Å²) in [5, 5.41) is 12.7. The molecule has 0 aliphatic rings. The second-order valence-electron chi connectivity index (χ2n) is 4.98. The zero-order valence-corrected chi connectivity index (χ0v) is 14.3. The number of nitrogens with one attached hydrogen (secondary N) is 1. The number of nitrogens with zero attached hydrogens (tertiary/aromatic N) is 3. The molecule has 2 aromatic heterocycles. The van der Waals surface area contributed by atoms with Gasteiger partial charge in [0, 0.05) is 6.07 Å². The summed E-state index contributed by atoms with van der Waals surface area (Å²) in [7, 11) is -4.13. The highest BCUT2D eigenvalue weighted by atomic mass is 35.5. The molecule has 0 fully saturated rings. The number of aromatic nitrogens is 3. The fraction of sp³-hybridized carbons (Fsp3) is 0.143. The summed E-state index contributed by atoms with van der Waals surface area (Å²) in [4.78, 5) is 11.9. The number of anilines is 1.